The van der Waals surface area contributed by atoms with Crippen LogP contribution in [0.1, 0.15) is 36.1 Å². The summed E-state index contributed by atoms with van der Waals surface area (Å²) in [7, 11) is 0. The fourth-order valence-corrected chi connectivity index (χ4v) is 5.40. The quantitative estimate of drug-likeness (QED) is 0.136. The molecule has 1 N–H and O–H groups in total. The van der Waals surface area contributed by atoms with Crippen molar-refractivity contribution in [2.45, 2.75) is 38.3 Å². The van der Waals surface area contributed by atoms with E-state index in [0.29, 0.717) is 23.3 Å². The summed E-state index contributed by atoms with van der Waals surface area (Å²) in [5.74, 6) is -2.54. The summed E-state index contributed by atoms with van der Waals surface area (Å²) < 4.78 is 62.5. The van der Waals surface area contributed by atoms with Crippen LogP contribution in [0.25, 0.3) is 11.3 Å². The molecule has 40 heavy (non-hydrogen) atoms. The van der Waals surface area contributed by atoms with E-state index in [1.165, 1.54) is 23.3 Å². The molecule has 0 unspecified atom stereocenters. The molecule has 0 radical (unpaired) electrons. The van der Waals surface area contributed by atoms with Crippen LogP contribution in [-0.2, 0) is 22.2 Å². The minimum Gasteiger partial charge on any atom is -0.493 e. The number of ether oxygens (including phenoxy) is 1. The third kappa shape index (κ3) is 7.42. The second-order valence-electron chi connectivity index (χ2n) is 8.55. The highest BCUT2D eigenvalue weighted by molar-refractivity contribution is 7.14. The molecule has 13 heteroatoms. The zero-order valence-electron chi connectivity index (χ0n) is 20.9. The summed E-state index contributed by atoms with van der Waals surface area (Å²) in [6.45, 7) is 0.0568. The number of benzene rings is 1. The van der Waals surface area contributed by atoms with Crippen LogP contribution in [0.5, 0.6) is 5.75 Å². The molecule has 4 rings (SSSR count). The van der Waals surface area contributed by atoms with Crippen molar-refractivity contribution >= 4 is 45.4 Å². The predicted octanol–water partition coefficient (Wildman–Crippen LogP) is 7.36. The lowest BCUT2D eigenvalue weighted by Gasteiger charge is -2.22. The van der Waals surface area contributed by atoms with Crippen LogP contribution >= 0.6 is 22.7 Å². The lowest BCUT2D eigenvalue weighted by molar-refractivity contribution is -0.139. The average molecular weight is 594 g/mol. The molecule has 3 heterocycles. The van der Waals surface area contributed by atoms with Gasteiger partial charge in [0, 0.05) is 29.3 Å². The number of pyridine rings is 1. The minimum atomic E-state index is -4.83. The Labute approximate surface area is 234 Å². The first-order chi connectivity index (χ1) is 19.1. The molecule has 0 atom stereocenters. The van der Waals surface area contributed by atoms with Gasteiger partial charge < -0.3 is 9.84 Å². The molecule has 0 aliphatic carbocycles. The van der Waals surface area contributed by atoms with Crippen LogP contribution in [0.4, 0.5) is 28.4 Å². The van der Waals surface area contributed by atoms with Crippen LogP contribution in [0.2, 0.25) is 0 Å². The van der Waals surface area contributed by atoms with Gasteiger partial charge in [-0.3, -0.25) is 19.5 Å². The van der Waals surface area contributed by atoms with E-state index in [4.69, 9.17) is 9.84 Å². The monoisotopic (exact) mass is 593 g/mol. The van der Waals surface area contributed by atoms with Gasteiger partial charge in [0.2, 0.25) is 11.0 Å². The molecule has 0 bridgehead atoms. The number of hydrogen-bond acceptors (Lipinski definition) is 7. The maximum atomic E-state index is 14.9. The molecule has 0 spiro atoms. The number of anilines is 2. The first kappa shape index (κ1) is 29.2. The van der Waals surface area contributed by atoms with Crippen molar-refractivity contribution in [1.82, 2.24) is 9.97 Å². The van der Waals surface area contributed by atoms with Crippen molar-refractivity contribution in [3.63, 3.8) is 0 Å². The lowest BCUT2D eigenvalue weighted by Crippen LogP contribution is -2.26. The van der Waals surface area contributed by atoms with Crippen LogP contribution < -0.4 is 9.64 Å². The van der Waals surface area contributed by atoms with Crippen LogP contribution in [-0.4, -0.2) is 33.6 Å². The highest BCUT2D eigenvalue weighted by Crippen LogP contribution is 2.42. The molecule has 0 aliphatic heterocycles. The number of carbonyl (C=O) groups excluding carboxylic acids is 1. The van der Waals surface area contributed by atoms with Gasteiger partial charge in [-0.15, -0.1) is 11.3 Å². The zero-order chi connectivity index (χ0) is 28.7. The Kier molecular flexibility index (Phi) is 9.48. The molecule has 3 aromatic heterocycles. The fourth-order valence-electron chi connectivity index (χ4n) is 3.80. The molecular weight excluding hydrogens is 570 g/mol. The summed E-state index contributed by atoms with van der Waals surface area (Å²) >= 11 is 2.06. The van der Waals surface area contributed by atoms with Crippen LogP contribution in [0.3, 0.4) is 0 Å². The number of aliphatic carboxylic acids is 1. The van der Waals surface area contributed by atoms with E-state index < -0.39 is 47.3 Å². The van der Waals surface area contributed by atoms with E-state index in [2.05, 4.69) is 9.97 Å². The molecule has 0 saturated carbocycles. The number of thiazole rings is 1. The molecule has 0 saturated heterocycles. The first-order valence-electron chi connectivity index (χ1n) is 12.1. The second-order valence-corrected chi connectivity index (χ2v) is 10.5. The average Bonchev–Trinajstić information content (AvgIpc) is 3.57. The topological polar surface area (TPSA) is 92.6 Å². The summed E-state index contributed by atoms with van der Waals surface area (Å²) in [6, 6.07) is 10.1. The Morgan fingerprint density at radius 1 is 1.07 bits per heavy atom. The molecule has 4 aromatic rings. The Morgan fingerprint density at radius 2 is 1.90 bits per heavy atom. The highest BCUT2D eigenvalue weighted by Gasteiger charge is 2.36. The smallest absolute Gasteiger partial charge is 0.420 e. The van der Waals surface area contributed by atoms with Gasteiger partial charge >= 0.3 is 12.1 Å². The van der Waals surface area contributed by atoms with Crippen molar-refractivity contribution in [2.75, 3.05) is 11.5 Å². The summed E-state index contributed by atoms with van der Waals surface area (Å²) in [6.07, 6.45) is -1.04. The summed E-state index contributed by atoms with van der Waals surface area (Å²) in [4.78, 5) is 34.2. The number of carboxylic acids is 1. The van der Waals surface area contributed by atoms with Crippen LogP contribution in [0.15, 0.2) is 60.2 Å². The van der Waals surface area contributed by atoms with Gasteiger partial charge in [0.25, 0.3) is 0 Å². The number of thiophene rings is 1. The number of halogens is 4. The number of rotatable bonds is 12. The number of carboxylic acid groups (broad SMARTS) is 1. The minimum absolute atomic E-state index is 0.0568. The Hall–Kier alpha value is -3.84. The number of amides is 1. The van der Waals surface area contributed by atoms with Gasteiger partial charge in [0.05, 0.1) is 24.3 Å². The molecular formula is C27H23F4N3O4S2. The normalized spacial score (nSPS) is 11.4. The number of aromatic nitrogens is 2. The SMILES string of the molecule is O=C(O)CCC(=O)N(c1ccc(OCCCCc2cccs2)c(C(F)(F)F)c1)c1nc(-c2cccnc2)c(F)s1. The van der Waals surface area contributed by atoms with Gasteiger partial charge in [0.15, 0.2) is 5.13 Å². The fraction of sp³-hybridized carbons (Fsp3) is 0.259. The third-order valence-electron chi connectivity index (χ3n) is 5.68. The molecule has 210 valence electrons. The molecule has 1 amide bonds. The summed E-state index contributed by atoms with van der Waals surface area (Å²) in [5.41, 5.74) is -1.20. The van der Waals surface area contributed by atoms with Crippen LogP contribution in [0, 0.1) is 5.13 Å². The van der Waals surface area contributed by atoms with Crippen molar-refractivity contribution in [3.05, 3.63) is 75.8 Å². The van der Waals surface area contributed by atoms with Gasteiger partial charge in [-0.1, -0.05) is 17.4 Å². The Bertz CT molecular complexity index is 1440. The van der Waals surface area contributed by atoms with E-state index in [9.17, 15) is 27.2 Å². The first-order valence-corrected chi connectivity index (χ1v) is 13.8. The predicted molar refractivity (Wildman–Crippen MR) is 144 cm³/mol. The van der Waals surface area contributed by atoms with Gasteiger partial charge in [0.1, 0.15) is 11.4 Å². The van der Waals surface area contributed by atoms with E-state index in [0.717, 1.165) is 29.9 Å². The number of hydrogen-bond donors (Lipinski definition) is 1. The Balaban J connectivity index is 1.62. The maximum absolute atomic E-state index is 14.9. The number of alkyl halides is 3. The van der Waals surface area contributed by atoms with Crippen molar-refractivity contribution in [2.24, 2.45) is 0 Å². The van der Waals surface area contributed by atoms with Gasteiger partial charge in [-0.2, -0.15) is 17.6 Å². The largest absolute Gasteiger partial charge is 0.493 e. The second kappa shape index (κ2) is 13.0. The van der Waals surface area contributed by atoms with E-state index in [1.54, 1.807) is 23.5 Å². The lowest BCUT2D eigenvalue weighted by atomic mass is 10.1. The third-order valence-corrected chi connectivity index (χ3v) is 7.45. The summed E-state index contributed by atoms with van der Waals surface area (Å²) in [5, 5.41) is 9.96. The van der Waals surface area contributed by atoms with E-state index >= 15 is 0 Å². The van der Waals surface area contributed by atoms with Gasteiger partial charge in [-0.25, -0.2) is 4.98 Å². The van der Waals surface area contributed by atoms with E-state index in [-0.39, 0.29) is 23.1 Å². The Morgan fingerprint density at radius 3 is 2.58 bits per heavy atom. The van der Waals surface area contributed by atoms with E-state index in [1.807, 2.05) is 17.5 Å². The molecule has 0 aliphatic rings. The van der Waals surface area contributed by atoms with Crippen molar-refractivity contribution in [1.29, 1.82) is 0 Å². The number of unbranched alkanes of at least 4 members (excludes halogenated alkanes) is 1. The number of aryl methyl sites for hydroxylation is 1. The molecule has 1 aromatic carbocycles. The highest BCUT2D eigenvalue weighted by atomic mass is 32.1. The number of nitrogens with zero attached hydrogens (tertiary/aromatic N) is 3. The van der Waals surface area contributed by atoms with Crippen molar-refractivity contribution in [3.8, 4) is 17.0 Å². The van der Waals surface area contributed by atoms with Crippen molar-refractivity contribution < 1.29 is 37.0 Å². The molecule has 0 fully saturated rings. The van der Waals surface area contributed by atoms with Gasteiger partial charge in [-0.05, 0) is 61.0 Å². The zero-order valence-corrected chi connectivity index (χ0v) is 22.5. The number of carbonyl (C=O) groups is 2. The standard InChI is InChI=1S/C27H23F4N3O4S2/c28-25-24(17-5-3-12-32-16-17)33-26(40-25)34(22(35)10-11-23(36)37)18-8-9-21(20(15-18)27(29,30)31)38-13-2-1-6-19-7-4-14-39-19/h3-5,7-9,12,14-16H,1-2,6,10-11,13H2,(H,36,37). The maximum Gasteiger partial charge on any atom is 0.420 e. The molecule has 7 nitrogen and oxygen atoms in total.